The molecule has 0 saturated carbocycles. The van der Waals surface area contributed by atoms with Gasteiger partial charge in [-0.05, 0) is 30.5 Å². The molecule has 0 radical (unpaired) electrons. The van der Waals surface area contributed by atoms with Crippen molar-refractivity contribution < 1.29 is 9.59 Å². The summed E-state index contributed by atoms with van der Waals surface area (Å²) in [4.78, 5) is 28.4. The molecule has 0 spiro atoms. The SMILES string of the molecule is O=C(CC(=O)N1CCN(c2ccccc2)CC1)NCCCc1ccccc1. The number of carbonyl (C=O) groups excluding carboxylic acids is 2. The van der Waals surface area contributed by atoms with Crippen LogP contribution in [-0.2, 0) is 16.0 Å². The maximum absolute atomic E-state index is 12.4. The van der Waals surface area contributed by atoms with Crippen LogP contribution < -0.4 is 10.2 Å². The van der Waals surface area contributed by atoms with E-state index in [-0.39, 0.29) is 18.2 Å². The lowest BCUT2D eigenvalue weighted by molar-refractivity contribution is -0.136. The molecule has 0 aliphatic carbocycles. The Kier molecular flexibility index (Phi) is 6.85. The lowest BCUT2D eigenvalue weighted by Gasteiger charge is -2.36. The van der Waals surface area contributed by atoms with E-state index in [9.17, 15) is 9.59 Å². The van der Waals surface area contributed by atoms with Crippen molar-refractivity contribution in [1.82, 2.24) is 10.2 Å². The van der Waals surface area contributed by atoms with Crippen LogP contribution in [0.15, 0.2) is 60.7 Å². The monoisotopic (exact) mass is 365 g/mol. The number of rotatable bonds is 7. The predicted molar refractivity (Wildman–Crippen MR) is 108 cm³/mol. The van der Waals surface area contributed by atoms with Gasteiger partial charge in [0.25, 0.3) is 0 Å². The van der Waals surface area contributed by atoms with Crippen molar-refractivity contribution in [2.45, 2.75) is 19.3 Å². The Morgan fingerprint density at radius 2 is 1.48 bits per heavy atom. The molecule has 2 aromatic rings. The van der Waals surface area contributed by atoms with Gasteiger partial charge < -0.3 is 15.1 Å². The summed E-state index contributed by atoms with van der Waals surface area (Å²) in [7, 11) is 0. The number of hydrogen-bond acceptors (Lipinski definition) is 3. The maximum atomic E-state index is 12.4. The molecule has 2 amide bonds. The quantitative estimate of drug-likeness (QED) is 0.606. The molecule has 5 heteroatoms. The summed E-state index contributed by atoms with van der Waals surface area (Å²) in [6, 6.07) is 20.4. The van der Waals surface area contributed by atoms with E-state index >= 15 is 0 Å². The smallest absolute Gasteiger partial charge is 0.232 e. The van der Waals surface area contributed by atoms with E-state index in [4.69, 9.17) is 0 Å². The summed E-state index contributed by atoms with van der Waals surface area (Å²) in [5.41, 5.74) is 2.44. The third kappa shape index (κ3) is 5.84. The maximum Gasteiger partial charge on any atom is 0.232 e. The molecule has 1 N–H and O–H groups in total. The molecule has 1 aliphatic heterocycles. The molecule has 142 valence electrons. The first kappa shape index (κ1) is 19.0. The van der Waals surface area contributed by atoms with Gasteiger partial charge in [-0.1, -0.05) is 48.5 Å². The van der Waals surface area contributed by atoms with E-state index < -0.39 is 0 Å². The Morgan fingerprint density at radius 3 is 2.15 bits per heavy atom. The van der Waals surface area contributed by atoms with Gasteiger partial charge >= 0.3 is 0 Å². The molecular formula is C22H27N3O2. The fourth-order valence-electron chi connectivity index (χ4n) is 3.33. The predicted octanol–water partition coefficient (Wildman–Crippen LogP) is 2.47. The molecule has 1 heterocycles. The Bertz CT molecular complexity index is 726. The van der Waals surface area contributed by atoms with E-state index in [2.05, 4.69) is 34.5 Å². The van der Waals surface area contributed by atoms with Crippen LogP contribution in [0, 0.1) is 0 Å². The summed E-state index contributed by atoms with van der Waals surface area (Å²) in [6.07, 6.45) is 1.74. The molecular weight excluding hydrogens is 338 g/mol. The lowest BCUT2D eigenvalue weighted by atomic mass is 10.1. The lowest BCUT2D eigenvalue weighted by Crippen LogP contribution is -2.49. The second-order valence-corrected chi connectivity index (χ2v) is 6.82. The van der Waals surface area contributed by atoms with Gasteiger partial charge in [0.1, 0.15) is 6.42 Å². The molecule has 27 heavy (non-hydrogen) atoms. The van der Waals surface area contributed by atoms with E-state index in [0.717, 1.165) is 25.9 Å². The van der Waals surface area contributed by atoms with Crippen molar-refractivity contribution in [3.05, 3.63) is 66.2 Å². The largest absolute Gasteiger partial charge is 0.368 e. The van der Waals surface area contributed by atoms with Crippen molar-refractivity contribution >= 4 is 17.5 Å². The average molecular weight is 365 g/mol. The summed E-state index contributed by atoms with van der Waals surface area (Å²) in [5, 5.41) is 2.86. The highest BCUT2D eigenvalue weighted by molar-refractivity contribution is 5.96. The first-order valence-corrected chi connectivity index (χ1v) is 9.61. The number of benzene rings is 2. The molecule has 2 aromatic carbocycles. The first-order chi connectivity index (χ1) is 13.2. The second-order valence-electron chi connectivity index (χ2n) is 6.82. The summed E-state index contributed by atoms with van der Waals surface area (Å²) in [6.45, 7) is 3.52. The van der Waals surface area contributed by atoms with Crippen molar-refractivity contribution in [1.29, 1.82) is 0 Å². The number of nitrogens with zero attached hydrogens (tertiary/aromatic N) is 2. The van der Waals surface area contributed by atoms with Crippen LogP contribution >= 0.6 is 0 Å². The second kappa shape index (κ2) is 9.76. The van der Waals surface area contributed by atoms with Gasteiger partial charge in [0.2, 0.25) is 11.8 Å². The number of anilines is 1. The topological polar surface area (TPSA) is 52.7 Å². The number of nitrogens with one attached hydrogen (secondary N) is 1. The minimum absolute atomic E-state index is 0.0589. The third-order valence-electron chi connectivity index (χ3n) is 4.87. The fourth-order valence-corrected chi connectivity index (χ4v) is 3.33. The fraction of sp³-hybridized carbons (Fsp3) is 0.364. The standard InChI is InChI=1S/C22H27N3O2/c26-21(23-13-7-10-19-8-3-1-4-9-19)18-22(27)25-16-14-24(15-17-25)20-11-5-2-6-12-20/h1-6,8-9,11-12H,7,10,13-18H2,(H,23,26). The molecule has 3 rings (SSSR count). The minimum atomic E-state index is -0.182. The summed E-state index contributed by atoms with van der Waals surface area (Å²) < 4.78 is 0. The Balaban J connectivity index is 1.33. The number of carbonyl (C=O) groups is 2. The highest BCUT2D eigenvalue weighted by Gasteiger charge is 2.22. The molecule has 0 atom stereocenters. The van der Waals surface area contributed by atoms with Gasteiger partial charge in [0.05, 0.1) is 0 Å². The molecule has 1 fully saturated rings. The summed E-state index contributed by atoms with van der Waals surface area (Å²) in [5.74, 6) is -0.262. The van der Waals surface area contributed by atoms with E-state index in [0.29, 0.717) is 19.6 Å². The Hall–Kier alpha value is -2.82. The highest BCUT2D eigenvalue weighted by atomic mass is 16.2. The zero-order valence-electron chi connectivity index (χ0n) is 15.6. The number of hydrogen-bond donors (Lipinski definition) is 1. The van der Waals surface area contributed by atoms with Crippen molar-refractivity contribution in [2.75, 3.05) is 37.6 Å². The molecule has 1 saturated heterocycles. The van der Waals surface area contributed by atoms with E-state index in [1.165, 1.54) is 11.3 Å². The molecule has 0 bridgehead atoms. The molecule has 0 unspecified atom stereocenters. The van der Waals surface area contributed by atoms with Gasteiger partial charge in [0.15, 0.2) is 0 Å². The van der Waals surface area contributed by atoms with Crippen LogP contribution in [0.4, 0.5) is 5.69 Å². The van der Waals surface area contributed by atoms with Crippen molar-refractivity contribution in [2.24, 2.45) is 0 Å². The minimum Gasteiger partial charge on any atom is -0.368 e. The van der Waals surface area contributed by atoms with Gasteiger partial charge in [-0.2, -0.15) is 0 Å². The number of aryl methyl sites for hydroxylation is 1. The average Bonchev–Trinajstić information content (AvgIpc) is 2.73. The first-order valence-electron chi connectivity index (χ1n) is 9.61. The van der Waals surface area contributed by atoms with Crippen LogP contribution in [0.2, 0.25) is 0 Å². The van der Waals surface area contributed by atoms with Crippen LogP contribution in [0.3, 0.4) is 0 Å². The Labute approximate surface area is 161 Å². The molecule has 0 aromatic heterocycles. The molecule has 1 aliphatic rings. The van der Waals surface area contributed by atoms with Crippen molar-refractivity contribution in [3.63, 3.8) is 0 Å². The number of para-hydroxylation sites is 1. The zero-order valence-corrected chi connectivity index (χ0v) is 15.6. The van der Waals surface area contributed by atoms with Crippen molar-refractivity contribution in [3.8, 4) is 0 Å². The number of amides is 2. The van der Waals surface area contributed by atoms with Crippen LogP contribution in [0.5, 0.6) is 0 Å². The normalized spacial score (nSPS) is 14.1. The summed E-state index contributed by atoms with van der Waals surface area (Å²) >= 11 is 0. The van der Waals surface area contributed by atoms with Crippen LogP contribution in [0.25, 0.3) is 0 Å². The van der Waals surface area contributed by atoms with Gasteiger partial charge in [-0.25, -0.2) is 0 Å². The van der Waals surface area contributed by atoms with Gasteiger partial charge in [0, 0.05) is 38.4 Å². The van der Waals surface area contributed by atoms with Crippen LogP contribution in [-0.4, -0.2) is 49.4 Å². The van der Waals surface area contributed by atoms with E-state index in [1.807, 2.05) is 36.4 Å². The van der Waals surface area contributed by atoms with E-state index in [1.54, 1.807) is 4.90 Å². The van der Waals surface area contributed by atoms with Gasteiger partial charge in [-0.15, -0.1) is 0 Å². The third-order valence-corrected chi connectivity index (χ3v) is 4.87. The van der Waals surface area contributed by atoms with Gasteiger partial charge in [-0.3, -0.25) is 9.59 Å². The Morgan fingerprint density at radius 1 is 0.852 bits per heavy atom. The highest BCUT2D eigenvalue weighted by Crippen LogP contribution is 2.15. The number of piperazine rings is 1. The van der Waals surface area contributed by atoms with Crippen LogP contribution in [0.1, 0.15) is 18.4 Å². The zero-order chi connectivity index (χ0) is 18.9. The molecule has 5 nitrogen and oxygen atoms in total.